The fourth-order valence-corrected chi connectivity index (χ4v) is 4.52. The number of hydrogen-bond acceptors (Lipinski definition) is 4. The van der Waals surface area contributed by atoms with Crippen molar-refractivity contribution in [3.63, 3.8) is 0 Å². The normalized spacial score (nSPS) is 19.7. The third-order valence-corrected chi connectivity index (χ3v) is 6.25. The minimum absolute atomic E-state index is 0.148. The monoisotopic (exact) mass is 407 g/mol. The standard InChI is InChI=1S/C25H29NO4/c1-29-25(28)21-9-13-23(14-10-21)30-17-18-15-24(27)26(16-18)22-11-7-20(8-12-22)19-5-3-2-4-6-19/h7-14,18-19H,2-6,15-17H2,1H3. The maximum Gasteiger partial charge on any atom is 0.337 e. The third kappa shape index (κ3) is 4.66. The van der Waals surface area contributed by atoms with Crippen molar-refractivity contribution in [2.75, 3.05) is 25.2 Å². The fraction of sp³-hybridized carbons (Fsp3) is 0.440. The molecule has 0 bridgehead atoms. The summed E-state index contributed by atoms with van der Waals surface area (Å²) >= 11 is 0. The summed E-state index contributed by atoms with van der Waals surface area (Å²) in [6, 6.07) is 15.5. The molecule has 1 heterocycles. The maximum absolute atomic E-state index is 12.6. The number of ether oxygens (including phenoxy) is 2. The molecule has 2 fully saturated rings. The van der Waals surface area contributed by atoms with Gasteiger partial charge >= 0.3 is 5.97 Å². The van der Waals surface area contributed by atoms with Gasteiger partial charge in [-0.15, -0.1) is 0 Å². The molecule has 1 unspecified atom stereocenters. The zero-order valence-electron chi connectivity index (χ0n) is 17.5. The molecular formula is C25H29NO4. The maximum atomic E-state index is 12.6. The minimum atomic E-state index is -0.368. The largest absolute Gasteiger partial charge is 0.493 e. The lowest BCUT2D eigenvalue weighted by atomic mass is 9.84. The van der Waals surface area contributed by atoms with Crippen LogP contribution in [0.3, 0.4) is 0 Å². The molecular weight excluding hydrogens is 378 g/mol. The van der Waals surface area contributed by atoms with Gasteiger partial charge in [-0.25, -0.2) is 4.79 Å². The zero-order chi connectivity index (χ0) is 20.9. The molecule has 158 valence electrons. The van der Waals surface area contributed by atoms with E-state index < -0.39 is 0 Å². The quantitative estimate of drug-likeness (QED) is 0.636. The molecule has 1 atom stereocenters. The number of rotatable bonds is 6. The van der Waals surface area contributed by atoms with Gasteiger partial charge in [0.1, 0.15) is 5.75 Å². The third-order valence-electron chi connectivity index (χ3n) is 6.25. The van der Waals surface area contributed by atoms with Gasteiger partial charge in [0, 0.05) is 24.6 Å². The van der Waals surface area contributed by atoms with E-state index >= 15 is 0 Å². The molecule has 5 nitrogen and oxygen atoms in total. The molecule has 0 radical (unpaired) electrons. The number of esters is 1. The number of nitrogens with zero attached hydrogens (tertiary/aromatic N) is 1. The number of benzene rings is 2. The summed E-state index contributed by atoms with van der Waals surface area (Å²) in [4.78, 5) is 25.9. The highest BCUT2D eigenvalue weighted by Crippen LogP contribution is 2.34. The van der Waals surface area contributed by atoms with Crippen molar-refractivity contribution in [1.29, 1.82) is 0 Å². The topological polar surface area (TPSA) is 55.8 Å². The molecule has 1 saturated carbocycles. The van der Waals surface area contributed by atoms with Crippen LogP contribution in [0.15, 0.2) is 48.5 Å². The Labute approximate surface area is 178 Å². The lowest BCUT2D eigenvalue weighted by Crippen LogP contribution is -2.25. The number of anilines is 1. The average Bonchev–Trinajstić information content (AvgIpc) is 3.18. The van der Waals surface area contributed by atoms with Gasteiger partial charge < -0.3 is 14.4 Å². The number of methoxy groups -OCH3 is 1. The second-order valence-corrected chi connectivity index (χ2v) is 8.33. The van der Waals surface area contributed by atoms with Crippen LogP contribution < -0.4 is 9.64 Å². The Hall–Kier alpha value is -2.82. The Morgan fingerprint density at radius 2 is 1.70 bits per heavy atom. The van der Waals surface area contributed by atoms with Crippen molar-refractivity contribution in [3.05, 3.63) is 59.7 Å². The molecule has 0 N–H and O–H groups in total. The average molecular weight is 408 g/mol. The van der Waals surface area contributed by atoms with E-state index in [2.05, 4.69) is 24.3 Å². The highest BCUT2D eigenvalue weighted by molar-refractivity contribution is 5.95. The molecule has 1 aliphatic heterocycles. The van der Waals surface area contributed by atoms with E-state index in [1.165, 1.54) is 44.8 Å². The first kappa shape index (κ1) is 20.5. The molecule has 0 spiro atoms. The van der Waals surface area contributed by atoms with Crippen LogP contribution in [0.5, 0.6) is 5.75 Å². The number of hydrogen-bond donors (Lipinski definition) is 0. The summed E-state index contributed by atoms with van der Waals surface area (Å²) in [6.07, 6.45) is 7.05. The summed E-state index contributed by atoms with van der Waals surface area (Å²) < 4.78 is 10.6. The van der Waals surface area contributed by atoms with Crippen LogP contribution in [0, 0.1) is 5.92 Å². The van der Waals surface area contributed by atoms with Crippen molar-refractivity contribution in [2.24, 2.45) is 5.92 Å². The molecule has 1 saturated heterocycles. The Balaban J connectivity index is 1.32. The molecule has 30 heavy (non-hydrogen) atoms. The van der Waals surface area contributed by atoms with E-state index in [4.69, 9.17) is 9.47 Å². The number of carbonyl (C=O) groups is 2. The van der Waals surface area contributed by atoms with Crippen LogP contribution in [-0.4, -0.2) is 32.1 Å². The van der Waals surface area contributed by atoms with Crippen LogP contribution in [0.25, 0.3) is 0 Å². The lowest BCUT2D eigenvalue weighted by molar-refractivity contribution is -0.117. The van der Waals surface area contributed by atoms with E-state index in [0.29, 0.717) is 36.8 Å². The second kappa shape index (κ2) is 9.33. The van der Waals surface area contributed by atoms with Crippen LogP contribution in [-0.2, 0) is 9.53 Å². The van der Waals surface area contributed by atoms with Crippen molar-refractivity contribution in [1.82, 2.24) is 0 Å². The van der Waals surface area contributed by atoms with Crippen LogP contribution in [0.1, 0.15) is 60.4 Å². The minimum Gasteiger partial charge on any atom is -0.493 e. The van der Waals surface area contributed by atoms with Gasteiger partial charge in [-0.1, -0.05) is 31.4 Å². The predicted octanol–water partition coefficient (Wildman–Crippen LogP) is 4.95. The summed E-state index contributed by atoms with van der Waals surface area (Å²) in [7, 11) is 1.36. The van der Waals surface area contributed by atoms with Crippen LogP contribution in [0.2, 0.25) is 0 Å². The molecule has 2 aliphatic rings. The molecule has 2 aromatic rings. The summed E-state index contributed by atoms with van der Waals surface area (Å²) in [5.74, 6) is 1.29. The molecule has 5 heteroatoms. The van der Waals surface area contributed by atoms with Gasteiger partial charge in [0.2, 0.25) is 5.91 Å². The molecule has 4 rings (SSSR count). The van der Waals surface area contributed by atoms with Gasteiger partial charge in [0.05, 0.1) is 19.3 Å². The smallest absolute Gasteiger partial charge is 0.337 e. The molecule has 1 amide bonds. The van der Waals surface area contributed by atoms with Crippen molar-refractivity contribution in [2.45, 2.75) is 44.4 Å². The highest BCUT2D eigenvalue weighted by Gasteiger charge is 2.31. The fourth-order valence-electron chi connectivity index (χ4n) is 4.52. The second-order valence-electron chi connectivity index (χ2n) is 8.33. The van der Waals surface area contributed by atoms with Gasteiger partial charge in [0.25, 0.3) is 0 Å². The SMILES string of the molecule is COC(=O)c1ccc(OCC2CC(=O)N(c3ccc(C4CCCCC4)cc3)C2)cc1. The van der Waals surface area contributed by atoms with Crippen LogP contribution in [0.4, 0.5) is 5.69 Å². The first-order valence-electron chi connectivity index (χ1n) is 10.9. The van der Waals surface area contributed by atoms with Gasteiger partial charge in [-0.3, -0.25) is 4.79 Å². The first-order chi connectivity index (χ1) is 14.6. The molecule has 2 aromatic carbocycles. The van der Waals surface area contributed by atoms with Gasteiger partial charge in [0.15, 0.2) is 0 Å². The van der Waals surface area contributed by atoms with Crippen molar-refractivity contribution < 1.29 is 19.1 Å². The van der Waals surface area contributed by atoms with E-state index in [-0.39, 0.29) is 17.8 Å². The lowest BCUT2D eigenvalue weighted by Gasteiger charge is -2.23. The van der Waals surface area contributed by atoms with Crippen molar-refractivity contribution in [3.8, 4) is 5.75 Å². The highest BCUT2D eigenvalue weighted by atomic mass is 16.5. The zero-order valence-corrected chi connectivity index (χ0v) is 17.5. The van der Waals surface area contributed by atoms with Crippen LogP contribution >= 0.6 is 0 Å². The van der Waals surface area contributed by atoms with E-state index in [0.717, 1.165) is 5.69 Å². The number of amides is 1. The Morgan fingerprint density at radius 1 is 1.00 bits per heavy atom. The summed E-state index contributed by atoms with van der Waals surface area (Å²) in [5.41, 5.74) is 2.87. The Morgan fingerprint density at radius 3 is 2.37 bits per heavy atom. The van der Waals surface area contributed by atoms with E-state index in [1.807, 2.05) is 4.90 Å². The molecule has 1 aliphatic carbocycles. The summed E-state index contributed by atoms with van der Waals surface area (Å²) in [5, 5.41) is 0. The first-order valence-corrected chi connectivity index (χ1v) is 10.9. The van der Waals surface area contributed by atoms with Gasteiger partial charge in [-0.05, 0) is 60.7 Å². The van der Waals surface area contributed by atoms with Gasteiger partial charge in [-0.2, -0.15) is 0 Å². The summed E-state index contributed by atoms with van der Waals surface area (Å²) in [6.45, 7) is 1.14. The van der Waals surface area contributed by atoms with E-state index in [1.54, 1.807) is 24.3 Å². The predicted molar refractivity (Wildman–Crippen MR) is 116 cm³/mol. The molecule has 0 aromatic heterocycles. The number of carbonyl (C=O) groups excluding carboxylic acids is 2. The Bertz CT molecular complexity index is 869. The Kier molecular flexibility index (Phi) is 6.36. The van der Waals surface area contributed by atoms with Crippen molar-refractivity contribution >= 4 is 17.6 Å². The van der Waals surface area contributed by atoms with E-state index in [9.17, 15) is 9.59 Å².